The maximum absolute atomic E-state index is 12.9. The second-order valence-electron chi connectivity index (χ2n) is 4.82. The largest absolute Gasteiger partial charge is 0.417 e. The topological polar surface area (TPSA) is 73.4 Å². The lowest BCUT2D eigenvalue weighted by molar-refractivity contribution is -0.137. The molecule has 1 aromatic carbocycles. The van der Waals surface area contributed by atoms with Gasteiger partial charge in [-0.05, 0) is 18.2 Å². The molecule has 5 nitrogen and oxygen atoms in total. The Labute approximate surface area is 132 Å². The van der Waals surface area contributed by atoms with Crippen molar-refractivity contribution in [1.29, 1.82) is 5.26 Å². The molecule has 24 heavy (non-hydrogen) atoms. The third-order valence-corrected chi connectivity index (χ3v) is 2.88. The summed E-state index contributed by atoms with van der Waals surface area (Å²) in [5.74, 6) is 4.19. The predicted molar refractivity (Wildman–Crippen MR) is 71.4 cm³/mol. The van der Waals surface area contributed by atoms with Crippen LogP contribution in [0.5, 0.6) is 0 Å². The standard InChI is InChI=1S/C13H12F6N4O/c1-22(21)11(24)6-23(7-12(14,15)16)9-3-2-8(5-20)10(4-9)13(17,18)19/h2-4H,6-7,21H2,1H3. The SMILES string of the molecule is CN(N)C(=O)CN(CC(F)(F)F)c1ccc(C#N)c(C(F)(F)F)c1. The van der Waals surface area contributed by atoms with Crippen LogP contribution < -0.4 is 10.7 Å². The van der Waals surface area contributed by atoms with Gasteiger partial charge in [0.15, 0.2) is 0 Å². The summed E-state index contributed by atoms with van der Waals surface area (Å²) in [6, 6.07) is 3.37. The Kier molecular flexibility index (Phi) is 5.67. The van der Waals surface area contributed by atoms with Crippen LogP contribution in [0.25, 0.3) is 0 Å². The van der Waals surface area contributed by atoms with Gasteiger partial charge >= 0.3 is 12.4 Å². The molecule has 1 aromatic rings. The third-order valence-electron chi connectivity index (χ3n) is 2.88. The molecule has 0 heterocycles. The first-order chi connectivity index (χ1) is 10.8. The minimum Gasteiger partial charge on any atom is -0.353 e. The Balaban J connectivity index is 3.32. The first-order valence-electron chi connectivity index (χ1n) is 6.29. The molecule has 11 heteroatoms. The molecule has 0 aliphatic heterocycles. The maximum Gasteiger partial charge on any atom is 0.417 e. The number of halogens is 6. The zero-order valence-electron chi connectivity index (χ0n) is 12.2. The number of anilines is 1. The Morgan fingerprint density at radius 2 is 1.83 bits per heavy atom. The molecule has 0 bridgehead atoms. The van der Waals surface area contributed by atoms with Gasteiger partial charge in [0.05, 0.1) is 23.7 Å². The third kappa shape index (κ3) is 5.31. The van der Waals surface area contributed by atoms with Gasteiger partial charge in [0.2, 0.25) is 0 Å². The minimum atomic E-state index is -4.93. The molecule has 132 valence electrons. The lowest BCUT2D eigenvalue weighted by Gasteiger charge is -2.27. The average molecular weight is 354 g/mol. The molecule has 0 fully saturated rings. The highest BCUT2D eigenvalue weighted by molar-refractivity contribution is 5.81. The molecule has 2 N–H and O–H groups in total. The number of alkyl halides is 6. The second-order valence-corrected chi connectivity index (χ2v) is 4.82. The Morgan fingerprint density at radius 1 is 1.25 bits per heavy atom. The number of carbonyl (C=O) groups is 1. The second kappa shape index (κ2) is 6.96. The van der Waals surface area contributed by atoms with Crippen molar-refractivity contribution in [3.63, 3.8) is 0 Å². The highest BCUT2D eigenvalue weighted by atomic mass is 19.4. The van der Waals surface area contributed by atoms with E-state index in [9.17, 15) is 31.1 Å². The van der Waals surface area contributed by atoms with Crippen molar-refractivity contribution in [1.82, 2.24) is 5.01 Å². The van der Waals surface area contributed by atoms with E-state index in [2.05, 4.69) is 0 Å². The van der Waals surface area contributed by atoms with Crippen molar-refractivity contribution < 1.29 is 31.1 Å². The molecule has 0 aliphatic carbocycles. The van der Waals surface area contributed by atoms with E-state index in [1.165, 1.54) is 6.07 Å². The molecule has 0 spiro atoms. The normalized spacial score (nSPS) is 11.8. The summed E-state index contributed by atoms with van der Waals surface area (Å²) in [5, 5.41) is 9.22. The summed E-state index contributed by atoms with van der Waals surface area (Å²) in [6.45, 7) is -2.54. The predicted octanol–water partition coefficient (Wildman–Crippen LogP) is 2.28. The van der Waals surface area contributed by atoms with Gasteiger partial charge in [-0.3, -0.25) is 9.80 Å². The van der Waals surface area contributed by atoms with Crippen molar-refractivity contribution in [3.8, 4) is 6.07 Å². The Morgan fingerprint density at radius 3 is 2.25 bits per heavy atom. The van der Waals surface area contributed by atoms with Gasteiger partial charge in [0, 0.05) is 12.7 Å². The summed E-state index contributed by atoms with van der Waals surface area (Å²) in [7, 11) is 1.09. The van der Waals surface area contributed by atoms with E-state index in [1.807, 2.05) is 0 Å². The van der Waals surface area contributed by atoms with Gasteiger partial charge in [0.1, 0.15) is 6.54 Å². The van der Waals surface area contributed by atoms with Crippen LogP contribution in [0.3, 0.4) is 0 Å². The van der Waals surface area contributed by atoms with Crippen LogP contribution in [-0.4, -0.2) is 37.2 Å². The molecule has 0 atom stereocenters. The number of hydrogen-bond donors (Lipinski definition) is 1. The maximum atomic E-state index is 12.9. The van der Waals surface area contributed by atoms with Gasteiger partial charge in [-0.1, -0.05) is 0 Å². The molecule has 0 unspecified atom stereocenters. The lowest BCUT2D eigenvalue weighted by Crippen LogP contribution is -2.45. The summed E-state index contributed by atoms with van der Waals surface area (Å²) in [6.07, 6.45) is -9.70. The van der Waals surface area contributed by atoms with E-state index in [4.69, 9.17) is 11.1 Å². The monoisotopic (exact) mass is 354 g/mol. The van der Waals surface area contributed by atoms with E-state index in [1.54, 1.807) is 0 Å². The highest BCUT2D eigenvalue weighted by Crippen LogP contribution is 2.35. The van der Waals surface area contributed by atoms with Crippen LogP contribution in [0.4, 0.5) is 32.0 Å². The van der Waals surface area contributed by atoms with Crippen LogP contribution >= 0.6 is 0 Å². The van der Waals surface area contributed by atoms with Gasteiger partial charge in [0.25, 0.3) is 5.91 Å². The van der Waals surface area contributed by atoms with Gasteiger partial charge in [-0.2, -0.15) is 31.6 Å². The van der Waals surface area contributed by atoms with Crippen molar-refractivity contribution in [3.05, 3.63) is 29.3 Å². The van der Waals surface area contributed by atoms with Gasteiger partial charge in [-0.25, -0.2) is 5.84 Å². The fraction of sp³-hybridized carbons (Fsp3) is 0.385. The van der Waals surface area contributed by atoms with Crippen molar-refractivity contribution in [2.75, 3.05) is 25.0 Å². The van der Waals surface area contributed by atoms with Crippen LogP contribution in [-0.2, 0) is 11.0 Å². The molecular formula is C13H12F6N4O. The average Bonchev–Trinajstić information content (AvgIpc) is 2.43. The van der Waals surface area contributed by atoms with Crippen molar-refractivity contribution >= 4 is 11.6 Å². The molecule has 0 saturated carbocycles. The molecule has 0 radical (unpaired) electrons. The number of hydrogen-bond acceptors (Lipinski definition) is 4. The molecule has 1 rings (SSSR count). The quantitative estimate of drug-likeness (QED) is 0.390. The van der Waals surface area contributed by atoms with Crippen molar-refractivity contribution in [2.45, 2.75) is 12.4 Å². The number of amides is 1. The molecule has 0 aromatic heterocycles. The number of nitriles is 1. The number of nitrogens with zero attached hydrogens (tertiary/aromatic N) is 3. The fourth-order valence-electron chi connectivity index (χ4n) is 1.79. The summed E-state index contributed by atoms with van der Waals surface area (Å²) in [5.41, 5.74) is -2.63. The van der Waals surface area contributed by atoms with Crippen LogP contribution in [0, 0.1) is 11.3 Å². The summed E-state index contributed by atoms with van der Waals surface area (Å²) >= 11 is 0. The van der Waals surface area contributed by atoms with Gasteiger partial charge < -0.3 is 4.90 Å². The van der Waals surface area contributed by atoms with Crippen molar-refractivity contribution in [2.24, 2.45) is 5.84 Å². The fourth-order valence-corrected chi connectivity index (χ4v) is 1.79. The number of carbonyl (C=O) groups excluding carboxylic acids is 1. The first kappa shape index (κ1) is 19.6. The smallest absolute Gasteiger partial charge is 0.353 e. The molecule has 0 saturated heterocycles. The van der Waals surface area contributed by atoms with E-state index >= 15 is 0 Å². The van der Waals surface area contributed by atoms with E-state index in [-0.39, 0.29) is 0 Å². The van der Waals surface area contributed by atoms with E-state index in [0.29, 0.717) is 16.0 Å². The number of rotatable bonds is 4. The van der Waals surface area contributed by atoms with E-state index in [0.717, 1.165) is 19.2 Å². The Bertz CT molecular complexity index is 647. The van der Waals surface area contributed by atoms with Crippen LogP contribution in [0.1, 0.15) is 11.1 Å². The lowest BCUT2D eigenvalue weighted by atomic mass is 10.1. The first-order valence-corrected chi connectivity index (χ1v) is 6.29. The van der Waals surface area contributed by atoms with Crippen LogP contribution in [0.15, 0.2) is 18.2 Å². The summed E-state index contributed by atoms with van der Waals surface area (Å²) < 4.78 is 76.7. The summed E-state index contributed by atoms with van der Waals surface area (Å²) in [4.78, 5) is 11.9. The van der Waals surface area contributed by atoms with Crippen LogP contribution in [0.2, 0.25) is 0 Å². The highest BCUT2D eigenvalue weighted by Gasteiger charge is 2.36. The molecular weight excluding hydrogens is 342 g/mol. The van der Waals surface area contributed by atoms with Gasteiger partial charge in [-0.15, -0.1) is 0 Å². The zero-order chi connectivity index (χ0) is 18.7. The number of likely N-dealkylation sites (N-methyl/N-ethyl adjacent to an activating group) is 1. The van der Waals surface area contributed by atoms with E-state index < -0.39 is 48.2 Å². The zero-order valence-corrected chi connectivity index (χ0v) is 12.2. The Hall–Kier alpha value is -2.48. The number of nitrogens with two attached hydrogens (primary N) is 1. The number of benzene rings is 1. The molecule has 0 aliphatic rings. The minimum absolute atomic E-state index is 0.397. The number of hydrazine groups is 1. The molecule has 1 amide bonds.